The van der Waals surface area contributed by atoms with Gasteiger partial charge in [0.05, 0.1) is 5.69 Å². The molecular weight excluding hydrogens is 579 g/mol. The molecular formula is C45H43BN2. The van der Waals surface area contributed by atoms with Crippen LogP contribution in [0.5, 0.6) is 0 Å². The Morgan fingerprint density at radius 3 is 1.98 bits per heavy atom. The quantitative estimate of drug-likeness (QED) is 0.168. The SMILES string of the molecule is Cc1ccc2c(c1)N(c1ccc(C(C)(C)C)cc1)c1cccc3c1B2c1cccc2c1N3c1ccccc1C21C2CC3CC(C2)CC1C3. The predicted molar refractivity (Wildman–Crippen MR) is 202 cm³/mol. The maximum absolute atomic E-state index is 2.70. The number of nitrogens with zero attached hydrogens (tertiary/aromatic N) is 2. The number of hydrogen-bond acceptors (Lipinski definition) is 2. The largest absolute Gasteiger partial charge is 0.311 e. The van der Waals surface area contributed by atoms with Gasteiger partial charge in [0, 0.05) is 33.9 Å². The highest BCUT2D eigenvalue weighted by molar-refractivity contribution is 7.00. The fourth-order valence-electron chi connectivity index (χ4n) is 12.0. The fraction of sp³-hybridized carbons (Fsp3) is 0.333. The van der Waals surface area contributed by atoms with E-state index < -0.39 is 0 Å². The summed E-state index contributed by atoms with van der Waals surface area (Å²) in [4.78, 5) is 5.25. The highest BCUT2D eigenvalue weighted by Crippen LogP contribution is 2.69. The van der Waals surface area contributed by atoms with Gasteiger partial charge >= 0.3 is 0 Å². The molecule has 12 rings (SSSR count). The zero-order chi connectivity index (χ0) is 32.1. The van der Waals surface area contributed by atoms with E-state index in [1.54, 1.807) is 11.1 Å². The Morgan fingerprint density at radius 2 is 1.25 bits per heavy atom. The van der Waals surface area contributed by atoms with Crippen molar-refractivity contribution < 1.29 is 0 Å². The Morgan fingerprint density at radius 1 is 0.604 bits per heavy atom. The zero-order valence-corrected chi connectivity index (χ0v) is 28.6. The maximum Gasteiger partial charge on any atom is 0.252 e. The molecule has 0 radical (unpaired) electrons. The van der Waals surface area contributed by atoms with Crippen molar-refractivity contribution in [2.45, 2.75) is 70.6 Å². The lowest BCUT2D eigenvalue weighted by Gasteiger charge is -2.64. The zero-order valence-electron chi connectivity index (χ0n) is 28.6. The van der Waals surface area contributed by atoms with Gasteiger partial charge in [-0.2, -0.15) is 0 Å². The van der Waals surface area contributed by atoms with E-state index >= 15 is 0 Å². The monoisotopic (exact) mass is 622 g/mol. The highest BCUT2D eigenvalue weighted by Gasteiger charge is 2.62. The van der Waals surface area contributed by atoms with Gasteiger partial charge in [0.2, 0.25) is 0 Å². The van der Waals surface area contributed by atoms with Gasteiger partial charge < -0.3 is 9.80 Å². The molecule has 3 heteroatoms. The molecule has 0 atom stereocenters. The molecule has 236 valence electrons. The summed E-state index contributed by atoms with van der Waals surface area (Å²) in [6.07, 6.45) is 7.09. The first-order valence-corrected chi connectivity index (χ1v) is 18.5. The minimum atomic E-state index is 0.115. The van der Waals surface area contributed by atoms with Crippen LogP contribution < -0.4 is 26.2 Å². The normalized spacial score (nSPS) is 26.7. The van der Waals surface area contributed by atoms with Crippen molar-refractivity contribution in [3.8, 4) is 0 Å². The van der Waals surface area contributed by atoms with Gasteiger partial charge in [-0.05, 0) is 143 Å². The van der Waals surface area contributed by atoms with E-state index in [2.05, 4.69) is 141 Å². The molecule has 0 N–H and O–H groups in total. The van der Waals surface area contributed by atoms with Crippen molar-refractivity contribution in [2.24, 2.45) is 23.7 Å². The summed E-state index contributed by atoms with van der Waals surface area (Å²) in [5, 5.41) is 0. The molecule has 5 aromatic carbocycles. The van der Waals surface area contributed by atoms with Crippen LogP contribution in [-0.4, -0.2) is 6.71 Å². The minimum absolute atomic E-state index is 0.115. The molecule has 0 amide bonds. The topological polar surface area (TPSA) is 6.48 Å². The van der Waals surface area contributed by atoms with E-state index in [0.29, 0.717) is 0 Å². The number of para-hydroxylation sites is 2. The number of aryl methyl sites for hydroxylation is 1. The molecule has 4 aliphatic carbocycles. The lowest BCUT2D eigenvalue weighted by molar-refractivity contribution is -0.0419. The second-order valence-electron chi connectivity index (χ2n) is 17.1. The van der Waals surface area contributed by atoms with Crippen LogP contribution in [0.3, 0.4) is 0 Å². The number of fused-ring (bicyclic) bond motifs is 6. The van der Waals surface area contributed by atoms with Gasteiger partial charge in [0.25, 0.3) is 6.71 Å². The Balaban J connectivity index is 1.19. The van der Waals surface area contributed by atoms with E-state index in [9.17, 15) is 0 Å². The van der Waals surface area contributed by atoms with Gasteiger partial charge in [-0.25, -0.2) is 0 Å². The first kappa shape index (κ1) is 27.7. The Labute approximate surface area is 285 Å². The molecule has 3 aliphatic heterocycles. The summed E-state index contributed by atoms with van der Waals surface area (Å²) in [6, 6.07) is 40.7. The van der Waals surface area contributed by atoms with Crippen molar-refractivity contribution in [3.63, 3.8) is 0 Å². The lowest BCUT2D eigenvalue weighted by atomic mass is 9.32. The molecule has 0 aromatic heterocycles. The van der Waals surface area contributed by atoms with Crippen LogP contribution in [0.4, 0.5) is 34.1 Å². The summed E-state index contributed by atoms with van der Waals surface area (Å²) in [5.41, 5.74) is 18.6. The van der Waals surface area contributed by atoms with Gasteiger partial charge in [0.15, 0.2) is 0 Å². The minimum Gasteiger partial charge on any atom is -0.311 e. The van der Waals surface area contributed by atoms with Crippen LogP contribution in [0.1, 0.15) is 75.1 Å². The van der Waals surface area contributed by atoms with Crippen LogP contribution in [0.2, 0.25) is 0 Å². The summed E-state index contributed by atoms with van der Waals surface area (Å²) in [5.74, 6) is 3.35. The van der Waals surface area contributed by atoms with Crippen molar-refractivity contribution in [1.29, 1.82) is 0 Å². The predicted octanol–water partition coefficient (Wildman–Crippen LogP) is 9.43. The molecule has 4 bridgehead atoms. The smallest absolute Gasteiger partial charge is 0.252 e. The average molecular weight is 623 g/mol. The molecule has 0 unspecified atom stereocenters. The Kier molecular flexibility index (Phi) is 5.34. The van der Waals surface area contributed by atoms with Crippen molar-refractivity contribution in [3.05, 3.63) is 125 Å². The molecule has 0 saturated heterocycles. The summed E-state index contributed by atoms with van der Waals surface area (Å²) in [6.45, 7) is 9.34. The summed E-state index contributed by atoms with van der Waals surface area (Å²) in [7, 11) is 0. The maximum atomic E-state index is 2.70. The van der Waals surface area contributed by atoms with E-state index in [0.717, 1.165) is 23.7 Å². The molecule has 48 heavy (non-hydrogen) atoms. The number of anilines is 6. The number of rotatable bonds is 1. The van der Waals surface area contributed by atoms with Crippen molar-refractivity contribution >= 4 is 57.2 Å². The first-order valence-electron chi connectivity index (χ1n) is 18.5. The summed E-state index contributed by atoms with van der Waals surface area (Å²) >= 11 is 0. The van der Waals surface area contributed by atoms with Crippen molar-refractivity contribution in [1.82, 2.24) is 0 Å². The van der Waals surface area contributed by atoms with E-state index in [4.69, 9.17) is 0 Å². The Bertz CT molecular complexity index is 2140. The molecule has 2 nitrogen and oxygen atoms in total. The van der Waals surface area contributed by atoms with E-state index in [1.807, 2.05) is 0 Å². The standard InChI is InChI=1S/C45H43BN2/c1-27-15-20-36-41(21-27)47(33-18-16-30(17-19-33)44(2,3)4)39-13-8-14-40-42(39)46(36)37-11-7-10-35-43(37)48(40)38-12-6-5-9-34(38)45(35)31-23-28-22-29(25-31)26-32(45)24-28/h5-21,28-29,31-32H,22-26H2,1-4H3. The van der Waals surface area contributed by atoms with Gasteiger partial charge in [-0.3, -0.25) is 0 Å². The third-order valence-corrected chi connectivity index (χ3v) is 13.6. The van der Waals surface area contributed by atoms with E-state index in [-0.39, 0.29) is 17.5 Å². The third kappa shape index (κ3) is 3.36. The molecule has 5 aromatic rings. The lowest BCUT2D eigenvalue weighted by Crippen LogP contribution is -2.64. The second-order valence-corrected chi connectivity index (χ2v) is 17.1. The second kappa shape index (κ2) is 9.26. The van der Waals surface area contributed by atoms with Gasteiger partial charge in [0.1, 0.15) is 0 Å². The molecule has 4 fully saturated rings. The average Bonchev–Trinajstić information content (AvgIpc) is 3.08. The van der Waals surface area contributed by atoms with Gasteiger partial charge in [-0.1, -0.05) is 87.5 Å². The molecule has 3 heterocycles. The number of hydrogen-bond donors (Lipinski definition) is 0. The fourth-order valence-corrected chi connectivity index (χ4v) is 12.0. The Hall–Kier alpha value is -4.24. The molecule has 4 saturated carbocycles. The van der Waals surface area contributed by atoms with Crippen LogP contribution in [0.25, 0.3) is 0 Å². The third-order valence-electron chi connectivity index (χ3n) is 13.6. The van der Waals surface area contributed by atoms with Crippen LogP contribution >= 0.6 is 0 Å². The van der Waals surface area contributed by atoms with E-state index in [1.165, 1.54) is 93.7 Å². The number of benzene rings is 5. The highest BCUT2D eigenvalue weighted by atomic mass is 15.2. The van der Waals surface area contributed by atoms with Crippen LogP contribution in [0.15, 0.2) is 103 Å². The van der Waals surface area contributed by atoms with Crippen LogP contribution in [-0.2, 0) is 10.8 Å². The first-order chi connectivity index (χ1) is 23.3. The summed E-state index contributed by atoms with van der Waals surface area (Å²) < 4.78 is 0. The van der Waals surface area contributed by atoms with Crippen molar-refractivity contribution in [2.75, 3.05) is 9.80 Å². The molecule has 7 aliphatic rings. The van der Waals surface area contributed by atoms with Gasteiger partial charge in [-0.15, -0.1) is 0 Å². The molecule has 1 spiro atoms. The van der Waals surface area contributed by atoms with Crippen LogP contribution in [0, 0.1) is 30.6 Å².